The third-order valence-corrected chi connectivity index (χ3v) is 0. The summed E-state index contributed by atoms with van der Waals surface area (Å²) in [4.78, 5) is 0. The molecule has 0 N–H and O–H groups in total. The maximum absolute atomic E-state index is 9.67. The van der Waals surface area contributed by atoms with Gasteiger partial charge in [-0.15, -0.1) is 0 Å². The van der Waals surface area contributed by atoms with E-state index in [9.17, 15) is 39.5 Å². The molecule has 1 radical (unpaired) electrons. The van der Waals surface area contributed by atoms with Crippen LogP contribution in [-0.4, -0.2) is 20.0 Å². The van der Waals surface area contributed by atoms with Gasteiger partial charge in [0.1, 0.15) is 0 Å². The van der Waals surface area contributed by atoms with E-state index in [-0.39, 0.29) is 54.6 Å². The SMILES string of the molecule is FC(F)F.FC(F)F.FC(F)F.[Cl-].[Cl-].[Cl-].[Cr+3]. The van der Waals surface area contributed by atoms with E-state index in [4.69, 9.17) is 0 Å². The number of rotatable bonds is 0. The van der Waals surface area contributed by atoms with E-state index < -0.39 is 20.0 Å². The van der Waals surface area contributed by atoms with E-state index >= 15 is 0 Å². The Labute approximate surface area is 114 Å². The molecule has 13 heteroatoms. The molecule has 0 aliphatic carbocycles. The first-order valence-electron chi connectivity index (χ1n) is 1.96. The minimum Gasteiger partial charge on any atom is -1.00 e. The monoisotopic (exact) mass is 367 g/mol. The molecule has 0 aliphatic rings. The maximum Gasteiger partial charge on any atom is 3.00 e. The molecule has 0 aromatic carbocycles. The predicted octanol–water partition coefficient (Wildman–Crippen LogP) is -5.46. The van der Waals surface area contributed by atoms with E-state index in [0.29, 0.717) is 0 Å². The summed E-state index contributed by atoms with van der Waals surface area (Å²) in [5.74, 6) is 0. The van der Waals surface area contributed by atoms with Crippen LogP contribution in [0.2, 0.25) is 0 Å². The zero-order chi connectivity index (χ0) is 10.7. The molecule has 0 saturated heterocycles. The summed E-state index contributed by atoms with van der Waals surface area (Å²) in [5, 5.41) is 0. The van der Waals surface area contributed by atoms with Crippen molar-refractivity contribution in [2.45, 2.75) is 20.0 Å². The minimum atomic E-state index is -3.67. The molecule has 0 fully saturated rings. The third kappa shape index (κ3) is 4700. The minimum absolute atomic E-state index is 0. The standard InChI is InChI=1S/3CHF3.3ClH.Cr/c3*2-1(3)4;;;;/h3*1H;3*1H;/q;;;;;;+3/p-3. The average molecular weight is 368 g/mol. The quantitative estimate of drug-likeness (QED) is 0.375. The number of hydrogen-bond acceptors (Lipinski definition) is 0. The Hall–Kier alpha value is 0.772. The van der Waals surface area contributed by atoms with Crippen LogP contribution >= 0.6 is 0 Å². The Kier molecular flexibility index (Phi) is 98.4. The molecule has 16 heavy (non-hydrogen) atoms. The van der Waals surface area contributed by atoms with Gasteiger partial charge in [-0.3, -0.25) is 0 Å². The fourth-order valence-corrected chi connectivity index (χ4v) is 0. The van der Waals surface area contributed by atoms with Gasteiger partial charge < -0.3 is 37.2 Å². The molecule has 0 heterocycles. The van der Waals surface area contributed by atoms with Gasteiger partial charge in [0.05, 0.1) is 0 Å². The zero-order valence-corrected chi connectivity index (χ0v) is 10.2. The van der Waals surface area contributed by atoms with Crippen LogP contribution < -0.4 is 37.2 Å². The molecule has 0 aromatic heterocycles. The summed E-state index contributed by atoms with van der Waals surface area (Å²) in [6.07, 6.45) is 0. The van der Waals surface area contributed by atoms with Crippen LogP contribution in [-0.2, 0) is 17.4 Å². The summed E-state index contributed by atoms with van der Waals surface area (Å²) in [6.45, 7) is -11.0. The molecule has 0 spiro atoms. The predicted molar refractivity (Wildman–Crippen MR) is 21.3 cm³/mol. The van der Waals surface area contributed by atoms with E-state index in [2.05, 4.69) is 0 Å². The normalized spacial score (nSPS) is 6.75. The summed E-state index contributed by atoms with van der Waals surface area (Å²) >= 11 is 0. The van der Waals surface area contributed by atoms with Crippen molar-refractivity contribution in [2.75, 3.05) is 0 Å². The van der Waals surface area contributed by atoms with Crippen molar-refractivity contribution in [3.63, 3.8) is 0 Å². The van der Waals surface area contributed by atoms with Gasteiger partial charge in [0.2, 0.25) is 0 Å². The second kappa shape index (κ2) is 36.0. The second-order valence-corrected chi connectivity index (χ2v) is 0.742. The van der Waals surface area contributed by atoms with E-state index in [0.717, 1.165) is 0 Å². The Morgan fingerprint density at radius 1 is 0.375 bits per heavy atom. The van der Waals surface area contributed by atoms with E-state index in [1.54, 1.807) is 0 Å². The first-order chi connectivity index (χ1) is 5.20. The molecule has 0 nitrogen and oxygen atoms in total. The van der Waals surface area contributed by atoms with Gasteiger partial charge in [0.25, 0.3) is 0 Å². The Balaban J connectivity index is -0.0000000135. The summed E-state index contributed by atoms with van der Waals surface area (Å²) in [7, 11) is 0. The molecular formula is C3H3Cl3CrF9. The third-order valence-electron chi connectivity index (χ3n) is 0. The number of halogens is 12. The van der Waals surface area contributed by atoms with Gasteiger partial charge in [-0.2, -0.15) is 39.5 Å². The summed E-state index contributed by atoms with van der Waals surface area (Å²) in [6, 6.07) is 0. The van der Waals surface area contributed by atoms with Crippen LogP contribution in [0.3, 0.4) is 0 Å². The van der Waals surface area contributed by atoms with Crippen molar-refractivity contribution < 1.29 is 94.1 Å². The van der Waals surface area contributed by atoms with Crippen LogP contribution in [0.25, 0.3) is 0 Å². The largest absolute Gasteiger partial charge is 3.00 e. The van der Waals surface area contributed by atoms with Crippen molar-refractivity contribution in [3.8, 4) is 0 Å². The molecule has 0 atom stereocenters. The molecule has 0 amide bonds. The zero-order valence-electron chi connectivity index (χ0n) is 6.68. The average Bonchev–Trinajstić information content (AvgIpc) is 1.54. The van der Waals surface area contributed by atoms with Crippen molar-refractivity contribution in [1.82, 2.24) is 0 Å². The van der Waals surface area contributed by atoms with Crippen molar-refractivity contribution in [2.24, 2.45) is 0 Å². The van der Waals surface area contributed by atoms with Gasteiger partial charge >= 0.3 is 37.4 Å². The molecule has 0 rings (SSSR count). The molecule has 0 aliphatic heterocycles. The van der Waals surface area contributed by atoms with Crippen LogP contribution in [0.4, 0.5) is 39.5 Å². The smallest absolute Gasteiger partial charge is 1.00 e. The van der Waals surface area contributed by atoms with Gasteiger partial charge in [-0.05, 0) is 0 Å². The van der Waals surface area contributed by atoms with Gasteiger partial charge in [0, 0.05) is 0 Å². The molecule has 0 unspecified atom stereocenters. The Morgan fingerprint density at radius 2 is 0.375 bits per heavy atom. The van der Waals surface area contributed by atoms with Crippen molar-refractivity contribution >= 4 is 0 Å². The number of hydrogen-bond donors (Lipinski definition) is 0. The van der Waals surface area contributed by atoms with E-state index in [1.807, 2.05) is 0 Å². The molecule has 0 bridgehead atoms. The number of alkyl halides is 9. The first kappa shape index (κ1) is 43.7. The first-order valence-corrected chi connectivity index (χ1v) is 1.96. The second-order valence-electron chi connectivity index (χ2n) is 0.742. The maximum atomic E-state index is 9.67. The molecular weight excluding hydrogens is 365 g/mol. The van der Waals surface area contributed by atoms with Gasteiger partial charge in [-0.25, -0.2) is 0 Å². The fraction of sp³-hybridized carbons (Fsp3) is 1.00. The summed E-state index contributed by atoms with van der Waals surface area (Å²) < 4.78 is 87.0. The van der Waals surface area contributed by atoms with Gasteiger partial charge in [0.15, 0.2) is 0 Å². The topological polar surface area (TPSA) is 0 Å². The Morgan fingerprint density at radius 3 is 0.375 bits per heavy atom. The van der Waals surface area contributed by atoms with Crippen LogP contribution in [0.5, 0.6) is 0 Å². The van der Waals surface area contributed by atoms with E-state index in [1.165, 1.54) is 0 Å². The Bertz CT molecular complexity index is 54.5. The fourth-order valence-electron chi connectivity index (χ4n) is 0. The van der Waals surface area contributed by atoms with Crippen LogP contribution in [0, 0.1) is 0 Å². The summed E-state index contributed by atoms with van der Waals surface area (Å²) in [5.41, 5.74) is 0. The van der Waals surface area contributed by atoms with Crippen LogP contribution in [0.1, 0.15) is 0 Å². The van der Waals surface area contributed by atoms with Crippen LogP contribution in [0.15, 0.2) is 0 Å². The molecule has 0 aromatic rings. The van der Waals surface area contributed by atoms with Crippen molar-refractivity contribution in [3.05, 3.63) is 0 Å². The molecule has 105 valence electrons. The van der Waals surface area contributed by atoms with Gasteiger partial charge in [-0.1, -0.05) is 0 Å². The molecule has 0 saturated carbocycles. The van der Waals surface area contributed by atoms with Crippen molar-refractivity contribution in [1.29, 1.82) is 0 Å².